The lowest BCUT2D eigenvalue weighted by Gasteiger charge is -2.54. The number of aliphatic carboxylic acids is 1. The van der Waals surface area contributed by atoms with E-state index in [1.165, 1.54) is 0 Å². The minimum atomic E-state index is -0.682. The first-order valence-electron chi connectivity index (χ1n) is 6.47. The van der Waals surface area contributed by atoms with Gasteiger partial charge in [-0.2, -0.15) is 0 Å². The van der Waals surface area contributed by atoms with E-state index in [9.17, 15) is 9.90 Å². The zero-order chi connectivity index (χ0) is 13.4. The average molecular weight is 311 g/mol. The zero-order valence-corrected chi connectivity index (χ0v) is 12.5. The van der Waals surface area contributed by atoms with Crippen molar-refractivity contribution in [3.63, 3.8) is 0 Å². The number of rotatable bonds is 4. The van der Waals surface area contributed by atoms with Crippen molar-refractivity contribution >= 4 is 21.9 Å². The lowest BCUT2D eigenvalue weighted by Crippen LogP contribution is -2.54. The summed E-state index contributed by atoms with van der Waals surface area (Å²) < 4.78 is 0.950. The van der Waals surface area contributed by atoms with Crippen LogP contribution in [0, 0.1) is 5.41 Å². The predicted octanol–water partition coefficient (Wildman–Crippen LogP) is 4.37. The maximum atomic E-state index is 11.7. The summed E-state index contributed by atoms with van der Waals surface area (Å²) in [6.45, 7) is 4.33. The van der Waals surface area contributed by atoms with Gasteiger partial charge in [0.15, 0.2) is 0 Å². The first-order valence-corrected chi connectivity index (χ1v) is 7.27. The molecule has 2 nitrogen and oxygen atoms in total. The number of benzene rings is 1. The second kappa shape index (κ2) is 4.69. The topological polar surface area (TPSA) is 37.3 Å². The molecule has 1 saturated carbocycles. The van der Waals surface area contributed by atoms with Crippen molar-refractivity contribution < 1.29 is 9.90 Å². The summed E-state index contributed by atoms with van der Waals surface area (Å²) in [4.78, 5) is 11.7. The second-order valence-electron chi connectivity index (χ2n) is 5.46. The van der Waals surface area contributed by atoms with Crippen molar-refractivity contribution in [2.24, 2.45) is 5.41 Å². The Morgan fingerprint density at radius 3 is 2.39 bits per heavy atom. The van der Waals surface area contributed by atoms with Crippen LogP contribution in [0.2, 0.25) is 0 Å². The van der Waals surface area contributed by atoms with Gasteiger partial charge in [0.1, 0.15) is 0 Å². The van der Waals surface area contributed by atoms with Gasteiger partial charge < -0.3 is 5.11 Å². The third-order valence-corrected chi connectivity index (χ3v) is 5.13. The highest BCUT2D eigenvalue weighted by atomic mass is 79.9. The van der Waals surface area contributed by atoms with Crippen LogP contribution in [0.15, 0.2) is 28.7 Å². The van der Waals surface area contributed by atoms with Crippen LogP contribution in [0.1, 0.15) is 45.1 Å². The van der Waals surface area contributed by atoms with E-state index in [1.807, 2.05) is 24.3 Å². The molecule has 0 heterocycles. The zero-order valence-electron chi connectivity index (χ0n) is 10.9. The molecule has 0 aromatic heterocycles. The summed E-state index contributed by atoms with van der Waals surface area (Å²) in [6, 6.07) is 7.74. The molecule has 0 unspecified atom stereocenters. The third kappa shape index (κ3) is 1.99. The molecule has 0 radical (unpaired) electrons. The Labute approximate surface area is 117 Å². The molecule has 0 saturated heterocycles. The van der Waals surface area contributed by atoms with E-state index in [4.69, 9.17) is 0 Å². The van der Waals surface area contributed by atoms with Gasteiger partial charge >= 0.3 is 5.97 Å². The van der Waals surface area contributed by atoms with Gasteiger partial charge in [0.25, 0.3) is 0 Å². The van der Waals surface area contributed by atoms with E-state index in [0.29, 0.717) is 0 Å². The number of carbonyl (C=O) groups is 1. The Bertz CT molecular complexity index is 455. The standard InChI is InChI=1S/C15H19BrO2/c1-3-14(4-2)9-15(10-14,13(17)18)11-6-5-7-12(16)8-11/h5-8H,3-4,9-10H2,1-2H3,(H,17,18). The summed E-state index contributed by atoms with van der Waals surface area (Å²) in [7, 11) is 0. The lowest BCUT2D eigenvalue weighted by molar-refractivity contribution is -0.155. The quantitative estimate of drug-likeness (QED) is 0.896. The molecular formula is C15H19BrO2. The maximum absolute atomic E-state index is 11.7. The Morgan fingerprint density at radius 1 is 1.33 bits per heavy atom. The highest BCUT2D eigenvalue weighted by Crippen LogP contribution is 2.59. The molecule has 1 N–H and O–H groups in total. The number of hydrogen-bond acceptors (Lipinski definition) is 1. The summed E-state index contributed by atoms with van der Waals surface area (Å²) in [5.74, 6) is -0.682. The van der Waals surface area contributed by atoms with Crippen LogP contribution < -0.4 is 0 Å². The van der Waals surface area contributed by atoms with Crippen LogP contribution in [0.5, 0.6) is 0 Å². The maximum Gasteiger partial charge on any atom is 0.314 e. The molecular weight excluding hydrogens is 292 g/mol. The van der Waals surface area contributed by atoms with E-state index >= 15 is 0 Å². The summed E-state index contributed by atoms with van der Waals surface area (Å²) in [5.41, 5.74) is 0.484. The van der Waals surface area contributed by atoms with Gasteiger partial charge in [-0.25, -0.2) is 0 Å². The minimum Gasteiger partial charge on any atom is -0.481 e. The van der Waals surface area contributed by atoms with Crippen molar-refractivity contribution in [2.45, 2.75) is 44.9 Å². The fraction of sp³-hybridized carbons (Fsp3) is 0.533. The van der Waals surface area contributed by atoms with Crippen molar-refractivity contribution in [3.8, 4) is 0 Å². The van der Waals surface area contributed by atoms with Crippen LogP contribution in [0.3, 0.4) is 0 Å². The number of carboxylic acid groups (broad SMARTS) is 1. The van der Waals surface area contributed by atoms with E-state index in [1.54, 1.807) is 0 Å². The molecule has 1 aliphatic rings. The number of halogens is 1. The molecule has 0 spiro atoms. The second-order valence-corrected chi connectivity index (χ2v) is 6.37. The molecule has 0 atom stereocenters. The Kier molecular flexibility index (Phi) is 3.54. The highest BCUT2D eigenvalue weighted by molar-refractivity contribution is 9.10. The smallest absolute Gasteiger partial charge is 0.314 e. The molecule has 3 heteroatoms. The van der Waals surface area contributed by atoms with Crippen molar-refractivity contribution in [1.82, 2.24) is 0 Å². The van der Waals surface area contributed by atoms with E-state index in [0.717, 1.165) is 35.7 Å². The molecule has 98 valence electrons. The van der Waals surface area contributed by atoms with Gasteiger partial charge in [0, 0.05) is 4.47 Å². The minimum absolute atomic E-state index is 0.223. The molecule has 0 amide bonds. The number of carboxylic acids is 1. The summed E-state index contributed by atoms with van der Waals surface area (Å²) in [6.07, 6.45) is 3.65. The summed E-state index contributed by atoms with van der Waals surface area (Å²) in [5, 5.41) is 9.64. The van der Waals surface area contributed by atoms with E-state index < -0.39 is 11.4 Å². The SMILES string of the molecule is CCC1(CC)CC(C(=O)O)(c2cccc(Br)c2)C1. The predicted molar refractivity (Wildman–Crippen MR) is 75.7 cm³/mol. The van der Waals surface area contributed by atoms with Crippen LogP contribution in [0.25, 0.3) is 0 Å². The van der Waals surface area contributed by atoms with Crippen LogP contribution in [0.4, 0.5) is 0 Å². The average Bonchev–Trinajstić information content (AvgIpc) is 2.29. The van der Waals surface area contributed by atoms with Crippen LogP contribution in [-0.2, 0) is 10.2 Å². The molecule has 1 aromatic rings. The van der Waals surface area contributed by atoms with Crippen molar-refractivity contribution in [1.29, 1.82) is 0 Å². The van der Waals surface area contributed by atoms with E-state index in [2.05, 4.69) is 29.8 Å². The number of hydrogen-bond donors (Lipinski definition) is 1. The Morgan fingerprint density at radius 2 is 1.94 bits per heavy atom. The molecule has 1 aliphatic carbocycles. The Hall–Kier alpha value is -0.830. The van der Waals surface area contributed by atoms with Gasteiger partial charge in [-0.05, 0) is 36.0 Å². The first-order chi connectivity index (χ1) is 8.48. The fourth-order valence-corrected chi connectivity index (χ4v) is 3.64. The molecule has 18 heavy (non-hydrogen) atoms. The highest BCUT2D eigenvalue weighted by Gasteiger charge is 2.58. The third-order valence-electron chi connectivity index (χ3n) is 4.64. The largest absolute Gasteiger partial charge is 0.481 e. The fourth-order valence-electron chi connectivity index (χ4n) is 3.24. The van der Waals surface area contributed by atoms with Gasteiger partial charge in [-0.3, -0.25) is 4.79 Å². The molecule has 1 aromatic carbocycles. The molecule has 1 fully saturated rings. The van der Waals surface area contributed by atoms with Crippen LogP contribution in [-0.4, -0.2) is 11.1 Å². The van der Waals surface area contributed by atoms with Gasteiger partial charge in [0.2, 0.25) is 0 Å². The van der Waals surface area contributed by atoms with Gasteiger partial charge in [0.05, 0.1) is 5.41 Å². The Balaban J connectivity index is 2.35. The van der Waals surface area contributed by atoms with Gasteiger partial charge in [-0.15, -0.1) is 0 Å². The first kappa shape index (κ1) is 13.6. The molecule has 2 rings (SSSR count). The normalized spacial score (nSPS) is 20.2. The lowest BCUT2D eigenvalue weighted by atomic mass is 9.48. The monoisotopic (exact) mass is 310 g/mol. The van der Waals surface area contributed by atoms with Crippen molar-refractivity contribution in [2.75, 3.05) is 0 Å². The van der Waals surface area contributed by atoms with Crippen molar-refractivity contribution in [3.05, 3.63) is 34.3 Å². The van der Waals surface area contributed by atoms with Crippen LogP contribution >= 0.6 is 15.9 Å². The molecule has 0 aliphatic heterocycles. The van der Waals surface area contributed by atoms with E-state index in [-0.39, 0.29) is 5.41 Å². The molecule has 0 bridgehead atoms. The summed E-state index contributed by atoms with van der Waals surface area (Å²) >= 11 is 3.43. The van der Waals surface area contributed by atoms with Gasteiger partial charge in [-0.1, -0.05) is 54.8 Å².